The predicted molar refractivity (Wildman–Crippen MR) is 67.7 cm³/mol. The van der Waals surface area contributed by atoms with E-state index in [1.165, 1.54) is 0 Å². The molecule has 1 N–H and O–H groups in total. The van der Waals surface area contributed by atoms with Crippen LogP contribution in [-0.2, 0) is 9.47 Å². The second kappa shape index (κ2) is 8.85. The minimum atomic E-state index is -0.695. The lowest BCUT2D eigenvalue weighted by Gasteiger charge is -2.12. The summed E-state index contributed by atoms with van der Waals surface area (Å²) in [5.74, 6) is 0.672. The van der Waals surface area contributed by atoms with Crippen LogP contribution in [-0.4, -0.2) is 43.6 Å². The maximum absolute atomic E-state index is 9.91. The highest BCUT2D eigenvalue weighted by molar-refractivity contribution is 5.25. The molecule has 1 aromatic heterocycles. The maximum atomic E-state index is 9.91. The Labute approximate surface area is 108 Å². The zero-order valence-corrected chi connectivity index (χ0v) is 11.0. The van der Waals surface area contributed by atoms with Crippen molar-refractivity contribution in [2.45, 2.75) is 19.4 Å². The molecule has 1 rings (SSSR count). The van der Waals surface area contributed by atoms with Crippen LogP contribution in [0, 0.1) is 0 Å². The van der Waals surface area contributed by atoms with Gasteiger partial charge in [0.1, 0.15) is 11.9 Å². The maximum Gasteiger partial charge on any atom is 0.137 e. The first-order chi connectivity index (χ1) is 8.77. The van der Waals surface area contributed by atoms with Gasteiger partial charge in [0, 0.05) is 18.9 Å². The lowest BCUT2D eigenvalue weighted by atomic mass is 10.2. The Kier molecular flexibility index (Phi) is 7.32. The van der Waals surface area contributed by atoms with Crippen molar-refractivity contribution in [3.8, 4) is 5.75 Å². The molecule has 18 heavy (non-hydrogen) atoms. The minimum Gasteiger partial charge on any atom is -0.492 e. The monoisotopic (exact) mass is 255 g/mol. The molecule has 0 aromatic carbocycles. The number of ether oxygens (including phenoxy) is 3. The normalized spacial score (nSPS) is 12.4. The number of nitrogens with zero attached hydrogens (tertiary/aromatic N) is 1. The van der Waals surface area contributed by atoms with Gasteiger partial charge in [0.05, 0.1) is 32.6 Å². The third-order valence-corrected chi connectivity index (χ3v) is 2.30. The van der Waals surface area contributed by atoms with Crippen LogP contribution in [0.3, 0.4) is 0 Å². The number of aliphatic hydroxyl groups excluding tert-OH is 1. The fourth-order valence-electron chi connectivity index (χ4n) is 1.35. The number of aliphatic hydroxyl groups is 1. The number of methoxy groups -OCH3 is 1. The Morgan fingerprint density at radius 1 is 1.28 bits per heavy atom. The molecule has 0 bridgehead atoms. The number of hydrogen-bond donors (Lipinski definition) is 1. The highest BCUT2D eigenvalue weighted by Crippen LogP contribution is 2.18. The van der Waals surface area contributed by atoms with Gasteiger partial charge in [0.15, 0.2) is 0 Å². The van der Waals surface area contributed by atoms with Gasteiger partial charge in [-0.3, -0.25) is 4.98 Å². The lowest BCUT2D eigenvalue weighted by molar-refractivity contribution is 0.0124. The van der Waals surface area contributed by atoms with Crippen LogP contribution in [0.4, 0.5) is 0 Å². The predicted octanol–water partition coefficient (Wildman–Crippen LogP) is 1.57. The van der Waals surface area contributed by atoms with Crippen molar-refractivity contribution in [3.63, 3.8) is 0 Å². The van der Waals surface area contributed by atoms with E-state index in [4.69, 9.17) is 14.2 Å². The highest BCUT2D eigenvalue weighted by Gasteiger charge is 2.09. The van der Waals surface area contributed by atoms with Crippen molar-refractivity contribution in [1.29, 1.82) is 0 Å². The SMILES string of the molecule is CCCOc1cncc(C(O)COCCOC)c1. The Morgan fingerprint density at radius 3 is 2.83 bits per heavy atom. The molecule has 0 radical (unpaired) electrons. The molecule has 1 atom stereocenters. The second-order valence-electron chi connectivity index (χ2n) is 3.89. The van der Waals surface area contributed by atoms with Crippen LogP contribution in [0.1, 0.15) is 25.0 Å². The molecule has 0 fully saturated rings. The van der Waals surface area contributed by atoms with Crippen molar-refractivity contribution >= 4 is 0 Å². The Hall–Kier alpha value is -1.17. The van der Waals surface area contributed by atoms with E-state index in [9.17, 15) is 5.11 Å². The molecule has 1 heterocycles. The Balaban J connectivity index is 2.43. The van der Waals surface area contributed by atoms with Gasteiger partial charge in [-0.05, 0) is 12.5 Å². The van der Waals surface area contributed by atoms with E-state index in [-0.39, 0.29) is 6.61 Å². The first-order valence-electron chi connectivity index (χ1n) is 6.10. The molecule has 5 heteroatoms. The lowest BCUT2D eigenvalue weighted by Crippen LogP contribution is -2.11. The molecule has 0 aliphatic rings. The molecule has 0 aliphatic carbocycles. The van der Waals surface area contributed by atoms with Crippen LogP contribution in [0.25, 0.3) is 0 Å². The summed E-state index contributed by atoms with van der Waals surface area (Å²) in [5, 5.41) is 9.91. The van der Waals surface area contributed by atoms with Gasteiger partial charge in [-0.15, -0.1) is 0 Å². The molecule has 1 unspecified atom stereocenters. The van der Waals surface area contributed by atoms with Gasteiger partial charge in [0.25, 0.3) is 0 Å². The standard InChI is InChI=1S/C13H21NO4/c1-3-4-18-12-7-11(8-14-9-12)13(15)10-17-6-5-16-2/h7-9,13,15H,3-6,10H2,1-2H3. The highest BCUT2D eigenvalue weighted by atomic mass is 16.5. The third-order valence-electron chi connectivity index (χ3n) is 2.30. The van der Waals surface area contributed by atoms with Gasteiger partial charge in [-0.25, -0.2) is 0 Å². The molecular weight excluding hydrogens is 234 g/mol. The smallest absolute Gasteiger partial charge is 0.137 e. The summed E-state index contributed by atoms with van der Waals surface area (Å²) < 4.78 is 15.6. The van der Waals surface area contributed by atoms with Crippen LogP contribution < -0.4 is 4.74 Å². The number of hydrogen-bond acceptors (Lipinski definition) is 5. The van der Waals surface area contributed by atoms with Crippen LogP contribution in [0.15, 0.2) is 18.5 Å². The zero-order valence-electron chi connectivity index (χ0n) is 11.0. The summed E-state index contributed by atoms with van der Waals surface area (Å²) in [5.41, 5.74) is 0.695. The second-order valence-corrected chi connectivity index (χ2v) is 3.89. The van der Waals surface area contributed by atoms with E-state index in [1.807, 2.05) is 6.92 Å². The number of aromatic nitrogens is 1. The van der Waals surface area contributed by atoms with Crippen LogP contribution in [0.2, 0.25) is 0 Å². The van der Waals surface area contributed by atoms with Crippen molar-refractivity contribution in [1.82, 2.24) is 4.98 Å². The Bertz CT molecular complexity index is 333. The van der Waals surface area contributed by atoms with E-state index in [0.717, 1.165) is 6.42 Å². The van der Waals surface area contributed by atoms with Crippen molar-refractivity contribution in [2.75, 3.05) is 33.5 Å². The number of pyridine rings is 1. The van der Waals surface area contributed by atoms with Crippen LogP contribution >= 0.6 is 0 Å². The van der Waals surface area contributed by atoms with E-state index < -0.39 is 6.10 Å². The topological polar surface area (TPSA) is 60.8 Å². The van der Waals surface area contributed by atoms with E-state index in [2.05, 4.69) is 4.98 Å². The van der Waals surface area contributed by atoms with E-state index >= 15 is 0 Å². The summed E-state index contributed by atoms with van der Waals surface area (Å²) in [7, 11) is 1.61. The third kappa shape index (κ3) is 5.44. The summed E-state index contributed by atoms with van der Waals surface area (Å²) in [6.07, 6.45) is 3.49. The van der Waals surface area contributed by atoms with Crippen molar-refractivity contribution in [2.24, 2.45) is 0 Å². The molecule has 0 spiro atoms. The average Bonchev–Trinajstić information content (AvgIpc) is 2.41. The molecule has 0 aliphatic heterocycles. The first-order valence-corrected chi connectivity index (χ1v) is 6.10. The summed E-state index contributed by atoms with van der Waals surface area (Å²) in [6.45, 7) is 3.89. The largest absolute Gasteiger partial charge is 0.492 e. The molecular formula is C13H21NO4. The molecule has 0 saturated carbocycles. The minimum absolute atomic E-state index is 0.224. The zero-order chi connectivity index (χ0) is 13.2. The summed E-state index contributed by atoms with van der Waals surface area (Å²) in [6, 6.07) is 1.78. The fourth-order valence-corrected chi connectivity index (χ4v) is 1.35. The van der Waals surface area contributed by atoms with E-state index in [0.29, 0.717) is 31.1 Å². The van der Waals surface area contributed by atoms with Gasteiger partial charge >= 0.3 is 0 Å². The quantitative estimate of drug-likeness (QED) is 0.679. The molecule has 102 valence electrons. The first kappa shape index (κ1) is 14.9. The molecule has 0 saturated heterocycles. The van der Waals surface area contributed by atoms with Gasteiger partial charge < -0.3 is 19.3 Å². The Morgan fingerprint density at radius 2 is 2.11 bits per heavy atom. The number of rotatable bonds is 9. The van der Waals surface area contributed by atoms with Crippen molar-refractivity contribution < 1.29 is 19.3 Å². The molecule has 1 aromatic rings. The van der Waals surface area contributed by atoms with Gasteiger partial charge in [-0.2, -0.15) is 0 Å². The van der Waals surface area contributed by atoms with Gasteiger partial charge in [0.2, 0.25) is 0 Å². The van der Waals surface area contributed by atoms with Crippen LogP contribution in [0.5, 0.6) is 5.75 Å². The van der Waals surface area contributed by atoms with Crippen molar-refractivity contribution in [3.05, 3.63) is 24.0 Å². The summed E-state index contributed by atoms with van der Waals surface area (Å²) in [4.78, 5) is 4.04. The van der Waals surface area contributed by atoms with Gasteiger partial charge in [-0.1, -0.05) is 6.92 Å². The fraction of sp³-hybridized carbons (Fsp3) is 0.615. The van der Waals surface area contributed by atoms with E-state index in [1.54, 1.807) is 25.6 Å². The molecule has 0 amide bonds. The summed E-state index contributed by atoms with van der Waals surface area (Å²) >= 11 is 0. The molecule has 5 nitrogen and oxygen atoms in total. The average molecular weight is 255 g/mol.